The summed E-state index contributed by atoms with van der Waals surface area (Å²) < 4.78 is 0. The minimum absolute atomic E-state index is 0.112. The number of hydrogen-bond donors (Lipinski definition) is 2. The lowest BCUT2D eigenvalue weighted by atomic mass is 10.0. The lowest BCUT2D eigenvalue weighted by molar-refractivity contribution is -0.131. The minimum Gasteiger partial charge on any atom is -0.393 e. The fraction of sp³-hybridized carbons (Fsp3) is 0.733. The molecule has 2 fully saturated rings. The summed E-state index contributed by atoms with van der Waals surface area (Å²) in [7, 11) is 1.91. The van der Waals surface area contributed by atoms with Crippen LogP contribution in [0.3, 0.4) is 0 Å². The van der Waals surface area contributed by atoms with Crippen molar-refractivity contribution in [2.45, 2.75) is 51.2 Å². The Morgan fingerprint density at radius 1 is 1.40 bits per heavy atom. The van der Waals surface area contributed by atoms with Crippen molar-refractivity contribution in [1.29, 1.82) is 0 Å². The molecule has 5 heteroatoms. The number of carbonyl (C=O) groups excluding carboxylic acids is 1. The highest BCUT2D eigenvalue weighted by atomic mass is 16.3. The second kappa shape index (κ2) is 5.20. The molecule has 2 N–H and O–H groups in total. The quantitative estimate of drug-likeness (QED) is 0.874. The van der Waals surface area contributed by atoms with E-state index < -0.39 is 0 Å². The summed E-state index contributed by atoms with van der Waals surface area (Å²) in [5.74, 6) is 1.36. The van der Waals surface area contributed by atoms with Crippen molar-refractivity contribution in [2.75, 3.05) is 7.05 Å². The van der Waals surface area contributed by atoms with Crippen molar-refractivity contribution >= 4 is 5.91 Å². The van der Waals surface area contributed by atoms with Gasteiger partial charge in [0.05, 0.1) is 24.5 Å². The number of rotatable bonds is 3. The molecule has 3 rings (SSSR count). The minimum atomic E-state index is -0.112. The number of aromatic nitrogens is 2. The maximum absolute atomic E-state index is 12.4. The van der Waals surface area contributed by atoms with Gasteiger partial charge in [-0.2, -0.15) is 0 Å². The average Bonchev–Trinajstić information content (AvgIpc) is 3.04. The third-order valence-electron chi connectivity index (χ3n) is 5.16. The molecule has 2 aliphatic rings. The second-order valence-electron chi connectivity index (χ2n) is 6.43. The van der Waals surface area contributed by atoms with E-state index in [1.54, 1.807) is 6.33 Å². The summed E-state index contributed by atoms with van der Waals surface area (Å²) in [5.41, 5.74) is 1.81. The zero-order chi connectivity index (χ0) is 14.3. The number of aryl methyl sites for hydroxylation is 1. The molecule has 0 radical (unpaired) electrons. The number of aromatic amines is 1. The second-order valence-corrected chi connectivity index (χ2v) is 6.43. The van der Waals surface area contributed by atoms with Gasteiger partial charge in [-0.25, -0.2) is 4.98 Å². The van der Waals surface area contributed by atoms with Gasteiger partial charge in [-0.3, -0.25) is 4.79 Å². The number of likely N-dealkylation sites (N-methyl/N-ethyl adjacent to an activating group) is 1. The van der Waals surface area contributed by atoms with Gasteiger partial charge in [0, 0.05) is 18.8 Å². The highest BCUT2D eigenvalue weighted by molar-refractivity contribution is 5.78. The summed E-state index contributed by atoms with van der Waals surface area (Å²) in [5, 5.41) is 9.68. The van der Waals surface area contributed by atoms with Crippen LogP contribution in [0.25, 0.3) is 0 Å². The van der Waals surface area contributed by atoms with Gasteiger partial charge in [-0.15, -0.1) is 0 Å². The molecule has 1 heterocycles. The largest absolute Gasteiger partial charge is 0.393 e. The van der Waals surface area contributed by atoms with Crippen molar-refractivity contribution in [3.05, 3.63) is 17.7 Å². The van der Waals surface area contributed by atoms with Gasteiger partial charge in [0.2, 0.25) is 5.91 Å². The Labute approximate surface area is 119 Å². The van der Waals surface area contributed by atoms with Gasteiger partial charge in [0.15, 0.2) is 0 Å². The van der Waals surface area contributed by atoms with Crippen LogP contribution in [0.5, 0.6) is 0 Å². The summed E-state index contributed by atoms with van der Waals surface area (Å²) in [6.45, 7) is 1.94. The Bertz CT molecular complexity index is 485. The van der Waals surface area contributed by atoms with Crippen molar-refractivity contribution in [3.8, 4) is 0 Å². The molecule has 2 aliphatic carbocycles. The van der Waals surface area contributed by atoms with Crippen molar-refractivity contribution in [1.82, 2.24) is 14.9 Å². The highest BCUT2D eigenvalue weighted by Gasteiger charge is 2.43. The monoisotopic (exact) mass is 277 g/mol. The number of imidazole rings is 1. The number of fused-ring (bicyclic) bond motifs is 1. The third kappa shape index (κ3) is 2.46. The van der Waals surface area contributed by atoms with E-state index in [9.17, 15) is 9.90 Å². The molecule has 1 aromatic heterocycles. The molecule has 1 amide bonds. The Hall–Kier alpha value is -1.36. The van der Waals surface area contributed by atoms with E-state index in [0.717, 1.165) is 37.1 Å². The molecule has 0 saturated heterocycles. The average molecular weight is 277 g/mol. The van der Waals surface area contributed by atoms with Crippen LogP contribution in [-0.2, 0) is 11.2 Å². The van der Waals surface area contributed by atoms with Crippen LogP contribution in [-0.4, -0.2) is 45.1 Å². The number of nitrogens with zero attached hydrogens (tertiary/aromatic N) is 2. The number of aliphatic hydroxyl groups excluding tert-OH is 1. The van der Waals surface area contributed by atoms with Gasteiger partial charge >= 0.3 is 0 Å². The Balaban J connectivity index is 1.58. The first-order valence-electron chi connectivity index (χ1n) is 7.47. The number of hydrogen-bond acceptors (Lipinski definition) is 3. The lowest BCUT2D eigenvalue weighted by Gasteiger charge is -2.25. The summed E-state index contributed by atoms with van der Waals surface area (Å²) in [6.07, 6.45) is 5.83. The predicted molar refractivity (Wildman–Crippen MR) is 75.0 cm³/mol. The first-order valence-corrected chi connectivity index (χ1v) is 7.47. The van der Waals surface area contributed by atoms with Gasteiger partial charge < -0.3 is 15.0 Å². The first kappa shape index (κ1) is 13.6. The van der Waals surface area contributed by atoms with Crippen molar-refractivity contribution in [3.63, 3.8) is 0 Å². The molecule has 0 spiro atoms. The molecule has 110 valence electrons. The van der Waals surface area contributed by atoms with Gasteiger partial charge in [0.25, 0.3) is 0 Å². The van der Waals surface area contributed by atoms with Crippen LogP contribution < -0.4 is 0 Å². The van der Waals surface area contributed by atoms with Crippen LogP contribution >= 0.6 is 0 Å². The number of nitrogens with one attached hydrogen (secondary N) is 1. The molecule has 0 aliphatic heterocycles. The van der Waals surface area contributed by atoms with E-state index in [0.29, 0.717) is 24.3 Å². The van der Waals surface area contributed by atoms with Gasteiger partial charge in [-0.05, 0) is 44.4 Å². The lowest BCUT2D eigenvalue weighted by Crippen LogP contribution is -2.37. The third-order valence-corrected chi connectivity index (χ3v) is 5.16. The molecular weight excluding hydrogens is 254 g/mol. The van der Waals surface area contributed by atoms with Gasteiger partial charge in [0.1, 0.15) is 0 Å². The molecule has 2 unspecified atom stereocenters. The topological polar surface area (TPSA) is 69.2 Å². The maximum atomic E-state index is 12.4. The van der Waals surface area contributed by atoms with Gasteiger partial charge in [-0.1, -0.05) is 0 Å². The molecule has 4 atom stereocenters. The molecule has 5 nitrogen and oxygen atoms in total. The first-order chi connectivity index (χ1) is 9.54. The molecule has 0 aromatic carbocycles. The fourth-order valence-electron chi connectivity index (χ4n) is 3.91. The smallest absolute Gasteiger partial charge is 0.228 e. The normalized spacial score (nSPS) is 32.4. The highest BCUT2D eigenvalue weighted by Crippen LogP contribution is 2.45. The van der Waals surface area contributed by atoms with Crippen LogP contribution in [0, 0.1) is 18.8 Å². The maximum Gasteiger partial charge on any atom is 0.228 e. The van der Waals surface area contributed by atoms with E-state index in [1.807, 2.05) is 18.9 Å². The molecule has 1 aromatic rings. The number of carbonyl (C=O) groups is 1. The number of amides is 1. The van der Waals surface area contributed by atoms with E-state index in [4.69, 9.17) is 0 Å². The van der Waals surface area contributed by atoms with E-state index in [-0.39, 0.29) is 12.0 Å². The SMILES string of the molecule is Cc1[nH]cnc1CC(=O)N(C)C1C[C@H]2CC(O)C[C@H]2C1. The fourth-order valence-corrected chi connectivity index (χ4v) is 3.91. The van der Waals surface area contributed by atoms with Crippen molar-refractivity contribution < 1.29 is 9.90 Å². The van der Waals surface area contributed by atoms with Crippen LogP contribution in [0.15, 0.2) is 6.33 Å². The molecule has 2 saturated carbocycles. The summed E-state index contributed by atoms with van der Waals surface area (Å²) in [6, 6.07) is 0.337. The van der Waals surface area contributed by atoms with E-state index >= 15 is 0 Å². The van der Waals surface area contributed by atoms with E-state index in [1.165, 1.54) is 0 Å². The summed E-state index contributed by atoms with van der Waals surface area (Å²) >= 11 is 0. The predicted octanol–water partition coefficient (Wildman–Crippen LogP) is 1.27. The zero-order valence-corrected chi connectivity index (χ0v) is 12.2. The van der Waals surface area contributed by atoms with Crippen LogP contribution in [0.4, 0.5) is 0 Å². The molecule has 0 bridgehead atoms. The molecule has 20 heavy (non-hydrogen) atoms. The van der Waals surface area contributed by atoms with E-state index in [2.05, 4.69) is 9.97 Å². The van der Waals surface area contributed by atoms with Crippen molar-refractivity contribution in [2.24, 2.45) is 11.8 Å². The standard InChI is InChI=1S/C15H23N3O2/c1-9-14(17-8-16-9)7-15(20)18(2)12-3-10-5-13(19)6-11(10)4-12/h8,10-13,19H,3-7H2,1-2H3,(H,16,17)/t10-,11+,12?,13?. The Kier molecular flexibility index (Phi) is 3.54. The molecular formula is C15H23N3O2. The Morgan fingerprint density at radius 2 is 2.05 bits per heavy atom. The number of H-pyrrole nitrogens is 1. The summed E-state index contributed by atoms with van der Waals surface area (Å²) in [4.78, 5) is 21.5. The Morgan fingerprint density at radius 3 is 2.60 bits per heavy atom. The zero-order valence-electron chi connectivity index (χ0n) is 12.2. The van der Waals surface area contributed by atoms with Crippen LogP contribution in [0.1, 0.15) is 37.1 Å². The van der Waals surface area contributed by atoms with Crippen LogP contribution in [0.2, 0.25) is 0 Å². The number of aliphatic hydroxyl groups is 1.